The molecule has 0 spiro atoms. The second kappa shape index (κ2) is 8.48. The molecule has 0 aliphatic carbocycles. The first-order valence-corrected chi connectivity index (χ1v) is 11.4. The third kappa shape index (κ3) is 4.12. The number of aromatic nitrogens is 1. The molecule has 1 aromatic heterocycles. The van der Waals surface area contributed by atoms with Crippen LogP contribution in [0, 0.1) is 6.92 Å². The van der Waals surface area contributed by atoms with Crippen molar-refractivity contribution >= 4 is 34.1 Å². The van der Waals surface area contributed by atoms with E-state index in [1.54, 1.807) is 12.1 Å². The zero-order valence-electron chi connectivity index (χ0n) is 17.8. The minimum Gasteiger partial charge on any atom is -0.368 e. The number of hydrogen-bond donors (Lipinski definition) is 0. The number of carbonyl (C=O) groups excluding carboxylic acids is 1. The number of amides is 1. The van der Waals surface area contributed by atoms with E-state index in [9.17, 15) is 4.79 Å². The van der Waals surface area contributed by atoms with Gasteiger partial charge in [-0.05, 0) is 55.3 Å². The maximum Gasteiger partial charge on any atom is 0.253 e. The molecule has 1 atom stereocenters. The molecule has 2 aliphatic heterocycles. The van der Waals surface area contributed by atoms with E-state index in [0.717, 1.165) is 56.8 Å². The molecule has 2 fully saturated rings. The van der Waals surface area contributed by atoms with E-state index in [2.05, 4.69) is 46.0 Å². The number of rotatable bonds is 3. The molecule has 2 aromatic carbocycles. The van der Waals surface area contributed by atoms with Crippen molar-refractivity contribution in [1.82, 2.24) is 14.8 Å². The van der Waals surface area contributed by atoms with Crippen molar-refractivity contribution in [1.29, 1.82) is 0 Å². The SMILES string of the molecule is Cc1ccc2c(N3CCN([C@H]4CCN(C(=O)c5ccc(Cl)cc5)C4)CC3)ccnc2c1. The van der Waals surface area contributed by atoms with Crippen LogP contribution >= 0.6 is 11.6 Å². The number of hydrogen-bond acceptors (Lipinski definition) is 4. The number of likely N-dealkylation sites (tertiary alicyclic amines) is 1. The van der Waals surface area contributed by atoms with Crippen molar-refractivity contribution in [3.8, 4) is 0 Å². The molecule has 1 amide bonds. The van der Waals surface area contributed by atoms with Gasteiger partial charge in [-0.1, -0.05) is 23.7 Å². The second-order valence-corrected chi connectivity index (χ2v) is 9.01. The van der Waals surface area contributed by atoms with Crippen molar-refractivity contribution < 1.29 is 4.79 Å². The Labute approximate surface area is 188 Å². The van der Waals surface area contributed by atoms with E-state index >= 15 is 0 Å². The van der Waals surface area contributed by atoms with Crippen LogP contribution in [0.15, 0.2) is 54.7 Å². The molecule has 0 radical (unpaired) electrons. The lowest BCUT2D eigenvalue weighted by Gasteiger charge is -2.39. The fraction of sp³-hybridized carbons (Fsp3) is 0.360. The second-order valence-electron chi connectivity index (χ2n) is 8.57. The summed E-state index contributed by atoms with van der Waals surface area (Å²) in [5, 5.41) is 1.88. The molecule has 0 bridgehead atoms. The Morgan fingerprint density at radius 2 is 1.77 bits per heavy atom. The van der Waals surface area contributed by atoms with Gasteiger partial charge >= 0.3 is 0 Å². The van der Waals surface area contributed by atoms with Crippen molar-refractivity contribution in [3.63, 3.8) is 0 Å². The van der Waals surface area contributed by atoms with Gasteiger partial charge in [0.15, 0.2) is 0 Å². The van der Waals surface area contributed by atoms with Gasteiger partial charge in [0.1, 0.15) is 0 Å². The van der Waals surface area contributed by atoms with Crippen molar-refractivity contribution in [2.75, 3.05) is 44.2 Å². The van der Waals surface area contributed by atoms with Crippen LogP contribution in [-0.2, 0) is 0 Å². The molecule has 5 nitrogen and oxygen atoms in total. The van der Waals surface area contributed by atoms with Crippen molar-refractivity contribution in [2.24, 2.45) is 0 Å². The molecule has 0 saturated carbocycles. The first-order chi connectivity index (χ1) is 15.1. The van der Waals surface area contributed by atoms with Gasteiger partial charge in [0.2, 0.25) is 0 Å². The summed E-state index contributed by atoms with van der Waals surface area (Å²) < 4.78 is 0. The minimum atomic E-state index is 0.108. The Hall–Kier alpha value is -2.63. The number of pyridine rings is 1. The van der Waals surface area contributed by atoms with Crippen LogP contribution < -0.4 is 4.90 Å². The zero-order valence-corrected chi connectivity index (χ0v) is 18.6. The average molecular weight is 435 g/mol. The average Bonchev–Trinajstić information content (AvgIpc) is 3.29. The highest BCUT2D eigenvalue weighted by Crippen LogP contribution is 2.28. The first-order valence-electron chi connectivity index (χ1n) is 11.0. The normalized spacial score (nSPS) is 19.9. The monoisotopic (exact) mass is 434 g/mol. The third-order valence-corrected chi connectivity index (χ3v) is 6.84. The lowest BCUT2D eigenvalue weighted by molar-refractivity contribution is 0.0775. The number of aryl methyl sites for hydroxylation is 1. The number of fused-ring (bicyclic) bond motifs is 1. The number of halogens is 1. The largest absolute Gasteiger partial charge is 0.368 e. The van der Waals surface area contributed by atoms with Crippen LogP contribution in [0.2, 0.25) is 5.02 Å². The number of piperazine rings is 1. The quantitative estimate of drug-likeness (QED) is 0.618. The lowest BCUT2D eigenvalue weighted by atomic mass is 10.1. The van der Waals surface area contributed by atoms with Gasteiger partial charge in [0, 0.05) is 73.2 Å². The zero-order chi connectivity index (χ0) is 21.4. The molecule has 3 aromatic rings. The maximum atomic E-state index is 12.8. The molecular weight excluding hydrogens is 408 g/mol. The van der Waals surface area contributed by atoms with Crippen molar-refractivity contribution in [2.45, 2.75) is 19.4 Å². The molecule has 6 heteroatoms. The molecule has 3 heterocycles. The first kappa shape index (κ1) is 20.3. The standard InChI is InChI=1S/C25H27ClN4O/c1-18-2-7-22-23(16-18)27-10-8-24(22)29-14-12-28(13-15-29)21-9-11-30(17-21)25(31)19-3-5-20(26)6-4-19/h2-8,10,16,21H,9,11-15,17H2,1H3/t21-/m0/s1. The summed E-state index contributed by atoms with van der Waals surface area (Å²) in [7, 11) is 0. The smallest absolute Gasteiger partial charge is 0.253 e. The molecule has 160 valence electrons. The van der Waals surface area contributed by atoms with Crippen LogP contribution in [-0.4, -0.2) is 66.0 Å². The molecule has 0 unspecified atom stereocenters. The fourth-order valence-electron chi connectivity index (χ4n) is 4.85. The van der Waals surface area contributed by atoms with Gasteiger partial charge in [-0.3, -0.25) is 14.7 Å². The number of carbonyl (C=O) groups is 1. The highest BCUT2D eigenvalue weighted by Gasteiger charge is 2.32. The van der Waals surface area contributed by atoms with Gasteiger partial charge in [0.05, 0.1) is 5.52 Å². The Kier molecular flexibility index (Phi) is 5.55. The number of nitrogens with zero attached hydrogens (tertiary/aromatic N) is 4. The van der Waals surface area contributed by atoms with Gasteiger partial charge in [0.25, 0.3) is 5.91 Å². The van der Waals surface area contributed by atoms with Gasteiger partial charge in [-0.25, -0.2) is 0 Å². The van der Waals surface area contributed by atoms with E-state index < -0.39 is 0 Å². The van der Waals surface area contributed by atoms with Gasteiger partial charge in [-0.2, -0.15) is 0 Å². The topological polar surface area (TPSA) is 39.7 Å². The Bertz CT molecular complexity index is 1090. The molecule has 31 heavy (non-hydrogen) atoms. The molecule has 0 N–H and O–H groups in total. The van der Waals surface area contributed by atoms with Crippen LogP contribution in [0.5, 0.6) is 0 Å². The molecule has 2 saturated heterocycles. The van der Waals surface area contributed by atoms with Crippen LogP contribution in [0.1, 0.15) is 22.3 Å². The van der Waals surface area contributed by atoms with Crippen LogP contribution in [0.25, 0.3) is 10.9 Å². The third-order valence-electron chi connectivity index (χ3n) is 6.59. The number of anilines is 1. The minimum absolute atomic E-state index is 0.108. The lowest BCUT2D eigenvalue weighted by Crippen LogP contribution is -2.51. The van der Waals surface area contributed by atoms with Crippen LogP contribution in [0.4, 0.5) is 5.69 Å². The summed E-state index contributed by atoms with van der Waals surface area (Å²) in [6.07, 6.45) is 2.96. The van der Waals surface area contributed by atoms with Gasteiger partial charge < -0.3 is 9.80 Å². The van der Waals surface area contributed by atoms with Gasteiger partial charge in [-0.15, -0.1) is 0 Å². The van der Waals surface area contributed by atoms with E-state index in [-0.39, 0.29) is 5.91 Å². The predicted octanol–water partition coefficient (Wildman–Crippen LogP) is 4.23. The summed E-state index contributed by atoms with van der Waals surface area (Å²) in [4.78, 5) is 24.4. The molecule has 5 rings (SSSR count). The summed E-state index contributed by atoms with van der Waals surface area (Å²) in [5.74, 6) is 0.108. The Morgan fingerprint density at radius 3 is 2.55 bits per heavy atom. The summed E-state index contributed by atoms with van der Waals surface area (Å²) in [6, 6.07) is 16.3. The van der Waals surface area contributed by atoms with E-state index in [1.165, 1.54) is 16.6 Å². The highest BCUT2D eigenvalue weighted by atomic mass is 35.5. The van der Waals surface area contributed by atoms with Crippen molar-refractivity contribution in [3.05, 3.63) is 70.9 Å². The Morgan fingerprint density at radius 1 is 1.00 bits per heavy atom. The summed E-state index contributed by atoms with van der Waals surface area (Å²) >= 11 is 5.96. The highest BCUT2D eigenvalue weighted by molar-refractivity contribution is 6.30. The molecular formula is C25H27ClN4O. The summed E-state index contributed by atoms with van der Waals surface area (Å²) in [5.41, 5.74) is 4.29. The van der Waals surface area contributed by atoms with E-state index in [4.69, 9.17) is 11.6 Å². The van der Waals surface area contributed by atoms with E-state index in [1.807, 2.05) is 23.2 Å². The van der Waals surface area contributed by atoms with E-state index in [0.29, 0.717) is 11.1 Å². The molecule has 2 aliphatic rings. The predicted molar refractivity (Wildman–Crippen MR) is 126 cm³/mol. The maximum absolute atomic E-state index is 12.8. The number of benzene rings is 2. The van der Waals surface area contributed by atoms with Crippen LogP contribution in [0.3, 0.4) is 0 Å². The summed E-state index contributed by atoms with van der Waals surface area (Å²) in [6.45, 7) is 7.75. The fourth-order valence-corrected chi connectivity index (χ4v) is 4.97. The Balaban J connectivity index is 1.22.